The van der Waals surface area contributed by atoms with Crippen molar-refractivity contribution in [3.63, 3.8) is 0 Å². The highest BCUT2D eigenvalue weighted by Crippen LogP contribution is 2.28. The quantitative estimate of drug-likeness (QED) is 0.359. The molecule has 3 rings (SSSR count). The van der Waals surface area contributed by atoms with Crippen molar-refractivity contribution in [3.05, 3.63) is 77.7 Å². The fourth-order valence-electron chi connectivity index (χ4n) is 3.81. The molecular formula is C27H34N2O6S. The van der Waals surface area contributed by atoms with Gasteiger partial charge in [0.25, 0.3) is 0 Å². The lowest BCUT2D eigenvalue weighted by atomic mass is 10.1. The van der Waals surface area contributed by atoms with Gasteiger partial charge in [0.05, 0.1) is 38.5 Å². The summed E-state index contributed by atoms with van der Waals surface area (Å²) in [6.45, 7) is 5.74. The molecule has 0 unspecified atom stereocenters. The molecule has 0 aliphatic carbocycles. The first-order valence-corrected chi connectivity index (χ1v) is 13.2. The van der Waals surface area contributed by atoms with E-state index in [0.29, 0.717) is 30.2 Å². The van der Waals surface area contributed by atoms with Crippen LogP contribution in [-0.2, 0) is 27.8 Å². The third-order valence-electron chi connectivity index (χ3n) is 5.89. The number of nitrogens with zero attached hydrogens (tertiary/aromatic N) is 2. The van der Waals surface area contributed by atoms with Crippen LogP contribution in [0, 0.1) is 6.92 Å². The molecule has 0 N–H and O–H groups in total. The third kappa shape index (κ3) is 6.67. The average molecular weight is 515 g/mol. The summed E-state index contributed by atoms with van der Waals surface area (Å²) in [4.78, 5) is 15.3. The first-order valence-electron chi connectivity index (χ1n) is 11.7. The number of carbonyl (C=O) groups excluding carboxylic acids is 1. The van der Waals surface area contributed by atoms with Crippen LogP contribution in [0.2, 0.25) is 0 Å². The number of benzene rings is 2. The summed E-state index contributed by atoms with van der Waals surface area (Å²) in [5.41, 5.74) is 1.92. The molecule has 1 aromatic heterocycles. The zero-order valence-electron chi connectivity index (χ0n) is 21.4. The number of furan rings is 1. The van der Waals surface area contributed by atoms with E-state index < -0.39 is 16.1 Å². The minimum absolute atomic E-state index is 0.164. The number of sulfonamides is 1. The Labute approximate surface area is 213 Å². The third-order valence-corrected chi connectivity index (χ3v) is 7.93. The molecule has 0 fully saturated rings. The van der Waals surface area contributed by atoms with Gasteiger partial charge in [0.1, 0.15) is 5.76 Å². The molecule has 2 aromatic carbocycles. The highest BCUT2D eigenvalue weighted by atomic mass is 32.2. The van der Waals surface area contributed by atoms with E-state index in [2.05, 4.69) is 0 Å². The van der Waals surface area contributed by atoms with Crippen molar-refractivity contribution in [1.82, 2.24) is 9.21 Å². The second-order valence-corrected chi connectivity index (χ2v) is 10.7. The van der Waals surface area contributed by atoms with Crippen LogP contribution in [-0.4, -0.2) is 56.9 Å². The fourth-order valence-corrected chi connectivity index (χ4v) is 5.39. The zero-order valence-corrected chi connectivity index (χ0v) is 22.2. The molecule has 8 nitrogen and oxygen atoms in total. The van der Waals surface area contributed by atoms with Crippen molar-refractivity contribution in [1.29, 1.82) is 0 Å². The minimum atomic E-state index is -3.86. The number of aryl methyl sites for hydroxylation is 1. The SMILES string of the molecule is COc1ccc(CCN(Cc2ccco2)C(=O)CN(C(C)C)S(=O)(=O)c2ccc(C)cc2)cc1OC. The van der Waals surface area contributed by atoms with Gasteiger partial charge in [-0.25, -0.2) is 8.42 Å². The van der Waals surface area contributed by atoms with Gasteiger partial charge < -0.3 is 18.8 Å². The zero-order chi connectivity index (χ0) is 26.3. The fraction of sp³-hybridized carbons (Fsp3) is 0.370. The second-order valence-electron chi connectivity index (χ2n) is 8.79. The van der Waals surface area contributed by atoms with Gasteiger partial charge in [-0.15, -0.1) is 0 Å². The van der Waals surface area contributed by atoms with E-state index in [-0.39, 0.29) is 23.9 Å². The molecular weight excluding hydrogens is 480 g/mol. The van der Waals surface area contributed by atoms with E-state index >= 15 is 0 Å². The van der Waals surface area contributed by atoms with Gasteiger partial charge in [0.15, 0.2) is 11.5 Å². The Kier molecular flexibility index (Phi) is 9.17. The summed E-state index contributed by atoms with van der Waals surface area (Å²) in [5.74, 6) is 1.54. The van der Waals surface area contributed by atoms with Crippen molar-refractivity contribution in [3.8, 4) is 11.5 Å². The maximum atomic E-state index is 13.5. The predicted octanol–water partition coefficient (Wildman–Crippen LogP) is 4.28. The van der Waals surface area contributed by atoms with Gasteiger partial charge in [-0.2, -0.15) is 4.31 Å². The van der Waals surface area contributed by atoms with Crippen LogP contribution in [0.25, 0.3) is 0 Å². The van der Waals surface area contributed by atoms with Gasteiger partial charge in [-0.1, -0.05) is 23.8 Å². The summed E-state index contributed by atoms with van der Waals surface area (Å²) in [6.07, 6.45) is 2.09. The number of amides is 1. The van der Waals surface area contributed by atoms with Crippen molar-refractivity contribution in [2.45, 2.75) is 44.7 Å². The molecule has 0 atom stereocenters. The van der Waals surface area contributed by atoms with Crippen LogP contribution < -0.4 is 9.47 Å². The normalized spacial score (nSPS) is 11.6. The number of hydrogen-bond acceptors (Lipinski definition) is 6. The molecule has 3 aromatic rings. The summed E-state index contributed by atoms with van der Waals surface area (Å²) < 4.78 is 44.2. The Morgan fingerprint density at radius 1 is 1.00 bits per heavy atom. The number of methoxy groups -OCH3 is 2. The lowest BCUT2D eigenvalue weighted by Gasteiger charge is -2.29. The summed E-state index contributed by atoms with van der Waals surface area (Å²) in [6, 6.07) is 15.4. The van der Waals surface area contributed by atoms with Crippen LogP contribution in [0.1, 0.15) is 30.7 Å². The Morgan fingerprint density at radius 3 is 2.28 bits per heavy atom. The molecule has 36 heavy (non-hydrogen) atoms. The monoisotopic (exact) mass is 514 g/mol. The molecule has 0 radical (unpaired) electrons. The number of rotatable bonds is 12. The van der Waals surface area contributed by atoms with Crippen molar-refractivity contribution in [2.24, 2.45) is 0 Å². The van der Waals surface area contributed by atoms with Gasteiger partial charge in [-0.05, 0) is 69.2 Å². The smallest absolute Gasteiger partial charge is 0.243 e. The maximum Gasteiger partial charge on any atom is 0.243 e. The molecule has 9 heteroatoms. The Morgan fingerprint density at radius 2 is 1.69 bits per heavy atom. The highest BCUT2D eigenvalue weighted by Gasteiger charge is 2.31. The first-order chi connectivity index (χ1) is 17.1. The molecule has 0 aliphatic heterocycles. The lowest BCUT2D eigenvalue weighted by molar-refractivity contribution is -0.132. The van der Waals surface area contributed by atoms with Crippen molar-refractivity contribution < 1.29 is 27.1 Å². The van der Waals surface area contributed by atoms with E-state index in [1.54, 1.807) is 75.6 Å². The van der Waals surface area contributed by atoms with Crippen LogP contribution in [0.3, 0.4) is 0 Å². The van der Waals surface area contributed by atoms with E-state index in [1.807, 2.05) is 25.1 Å². The number of ether oxygens (including phenoxy) is 2. The maximum absolute atomic E-state index is 13.5. The Hall–Kier alpha value is -3.30. The van der Waals surface area contributed by atoms with E-state index in [9.17, 15) is 13.2 Å². The number of hydrogen-bond donors (Lipinski definition) is 0. The lowest BCUT2D eigenvalue weighted by Crippen LogP contribution is -2.46. The highest BCUT2D eigenvalue weighted by molar-refractivity contribution is 7.89. The molecule has 0 aliphatic rings. The molecule has 0 saturated heterocycles. The van der Waals surface area contributed by atoms with E-state index in [4.69, 9.17) is 13.9 Å². The minimum Gasteiger partial charge on any atom is -0.493 e. The van der Waals surface area contributed by atoms with Crippen LogP contribution in [0.4, 0.5) is 0 Å². The predicted molar refractivity (Wildman–Crippen MR) is 138 cm³/mol. The van der Waals surface area contributed by atoms with E-state index in [0.717, 1.165) is 11.1 Å². The topological polar surface area (TPSA) is 89.3 Å². The molecule has 0 saturated carbocycles. The van der Waals surface area contributed by atoms with Gasteiger partial charge >= 0.3 is 0 Å². The van der Waals surface area contributed by atoms with Crippen LogP contribution in [0.5, 0.6) is 11.5 Å². The first kappa shape index (κ1) is 27.3. The van der Waals surface area contributed by atoms with E-state index in [1.165, 1.54) is 4.31 Å². The summed E-state index contributed by atoms with van der Waals surface area (Å²) in [5, 5.41) is 0. The molecule has 194 valence electrons. The van der Waals surface area contributed by atoms with Crippen LogP contribution in [0.15, 0.2) is 70.2 Å². The number of carbonyl (C=O) groups is 1. The van der Waals surface area contributed by atoms with Crippen molar-refractivity contribution in [2.75, 3.05) is 27.3 Å². The molecule has 1 amide bonds. The standard InChI is InChI=1S/C27H34N2O6S/c1-20(2)29(36(31,32)24-11-8-21(3)9-12-24)19-27(30)28(18-23-7-6-16-35-23)15-14-22-10-13-25(33-4)26(17-22)34-5/h6-13,16-17,20H,14-15,18-19H2,1-5H3. The largest absolute Gasteiger partial charge is 0.493 e. The van der Waals surface area contributed by atoms with Crippen LogP contribution >= 0.6 is 0 Å². The molecule has 0 spiro atoms. The average Bonchev–Trinajstić information content (AvgIpc) is 3.37. The molecule has 1 heterocycles. The Bertz CT molecular complexity index is 1240. The van der Waals surface area contributed by atoms with Gasteiger partial charge in [0, 0.05) is 12.6 Å². The molecule has 0 bridgehead atoms. The second kappa shape index (κ2) is 12.1. The van der Waals surface area contributed by atoms with Gasteiger partial charge in [-0.3, -0.25) is 4.79 Å². The summed E-state index contributed by atoms with van der Waals surface area (Å²) in [7, 11) is -0.711. The van der Waals surface area contributed by atoms with Crippen molar-refractivity contribution >= 4 is 15.9 Å². The Balaban J connectivity index is 1.82. The van der Waals surface area contributed by atoms with Gasteiger partial charge in [0.2, 0.25) is 15.9 Å². The summed E-state index contributed by atoms with van der Waals surface area (Å²) >= 11 is 0.